The van der Waals surface area contributed by atoms with E-state index in [1.165, 1.54) is 27.7 Å². The molecule has 7 nitrogen and oxygen atoms in total. The van der Waals surface area contributed by atoms with Gasteiger partial charge in [0.15, 0.2) is 0 Å². The predicted octanol–water partition coefficient (Wildman–Crippen LogP) is 0.300. The van der Waals surface area contributed by atoms with Crippen LogP contribution in [0.5, 0.6) is 0 Å². The number of nitrogens with zero attached hydrogens (tertiary/aromatic N) is 3. The molecule has 0 amide bonds. The van der Waals surface area contributed by atoms with Crippen LogP contribution in [-0.2, 0) is 20.0 Å². The van der Waals surface area contributed by atoms with Gasteiger partial charge in [-0.25, -0.2) is 21.1 Å². The van der Waals surface area contributed by atoms with Gasteiger partial charge >= 0.3 is 0 Å². The smallest absolute Gasteiger partial charge is 0.217 e. The molecule has 0 aromatic heterocycles. The fourth-order valence-electron chi connectivity index (χ4n) is 3.83. The highest BCUT2D eigenvalue weighted by Gasteiger charge is 2.44. The second-order valence-electron chi connectivity index (χ2n) is 7.32. The van der Waals surface area contributed by atoms with Crippen molar-refractivity contribution < 1.29 is 16.8 Å². The van der Waals surface area contributed by atoms with E-state index in [1.807, 2.05) is 0 Å². The fraction of sp³-hybridized carbons (Fsp3) is 1.00. The molecule has 3 rings (SSSR count). The Morgan fingerprint density at radius 3 is 2.25 bits per heavy atom. The minimum absolute atomic E-state index is 0.216. The standard InChI is InChI=1S/C15H29N3O4S2/c1-23(19,20)18(11-4-10-16-8-2-3-9-16)14-7-12-17(13-14)24(21,22)15-5-6-15/h14-15H,2-13H2,1H3. The molecule has 3 aliphatic rings. The Bertz CT molecular complexity index is 640. The van der Waals surface area contributed by atoms with E-state index < -0.39 is 20.0 Å². The molecular formula is C15H29N3O4S2. The Hall–Kier alpha value is -0.220. The highest BCUT2D eigenvalue weighted by atomic mass is 32.2. The summed E-state index contributed by atoms with van der Waals surface area (Å²) in [6.07, 6.45) is 6.59. The lowest BCUT2D eigenvalue weighted by Gasteiger charge is -2.27. The summed E-state index contributed by atoms with van der Waals surface area (Å²) in [5.41, 5.74) is 0. The molecule has 0 bridgehead atoms. The Morgan fingerprint density at radius 1 is 1.00 bits per heavy atom. The number of hydrogen-bond acceptors (Lipinski definition) is 5. The van der Waals surface area contributed by atoms with Crippen LogP contribution in [0, 0.1) is 0 Å². The molecule has 0 spiro atoms. The number of hydrogen-bond donors (Lipinski definition) is 0. The first kappa shape index (κ1) is 18.6. The minimum atomic E-state index is -3.32. The molecule has 2 aliphatic heterocycles. The lowest BCUT2D eigenvalue weighted by molar-refractivity contribution is 0.282. The van der Waals surface area contributed by atoms with Crippen molar-refractivity contribution in [1.29, 1.82) is 0 Å². The van der Waals surface area contributed by atoms with Gasteiger partial charge in [-0.15, -0.1) is 0 Å². The summed E-state index contributed by atoms with van der Waals surface area (Å²) in [7, 11) is -6.53. The van der Waals surface area contributed by atoms with Crippen LogP contribution in [0.3, 0.4) is 0 Å². The molecule has 24 heavy (non-hydrogen) atoms. The monoisotopic (exact) mass is 379 g/mol. The van der Waals surface area contributed by atoms with Crippen LogP contribution < -0.4 is 0 Å². The summed E-state index contributed by atoms with van der Waals surface area (Å²) in [5.74, 6) is 0. The van der Waals surface area contributed by atoms with Gasteiger partial charge in [0, 0.05) is 25.7 Å². The number of sulfonamides is 2. The van der Waals surface area contributed by atoms with Gasteiger partial charge in [-0.1, -0.05) is 0 Å². The van der Waals surface area contributed by atoms with Crippen LogP contribution in [0.25, 0.3) is 0 Å². The Labute approximate surface area is 146 Å². The summed E-state index contributed by atoms with van der Waals surface area (Å²) < 4.78 is 52.1. The van der Waals surface area contributed by atoms with E-state index in [0.29, 0.717) is 26.1 Å². The molecule has 2 saturated heterocycles. The van der Waals surface area contributed by atoms with Crippen molar-refractivity contribution in [2.75, 3.05) is 45.5 Å². The maximum atomic E-state index is 12.4. The molecule has 0 aromatic rings. The van der Waals surface area contributed by atoms with E-state index >= 15 is 0 Å². The predicted molar refractivity (Wildman–Crippen MR) is 93.8 cm³/mol. The van der Waals surface area contributed by atoms with Gasteiger partial charge in [0.1, 0.15) is 0 Å². The summed E-state index contributed by atoms with van der Waals surface area (Å²) in [4.78, 5) is 2.37. The van der Waals surface area contributed by atoms with E-state index in [4.69, 9.17) is 0 Å². The van der Waals surface area contributed by atoms with Crippen molar-refractivity contribution in [3.63, 3.8) is 0 Å². The molecule has 1 saturated carbocycles. The molecule has 1 unspecified atom stereocenters. The van der Waals surface area contributed by atoms with Gasteiger partial charge in [-0.2, -0.15) is 4.31 Å². The first-order chi connectivity index (χ1) is 11.3. The summed E-state index contributed by atoms with van der Waals surface area (Å²) in [5, 5.41) is -0.224. The SMILES string of the molecule is CS(=O)(=O)N(CCCN1CCCC1)C1CCN(S(=O)(=O)C2CC2)C1. The van der Waals surface area contributed by atoms with Crippen LogP contribution in [0.1, 0.15) is 38.5 Å². The molecule has 9 heteroatoms. The molecule has 140 valence electrons. The Balaban J connectivity index is 1.57. The number of likely N-dealkylation sites (tertiary alicyclic amines) is 1. The molecule has 3 fully saturated rings. The zero-order chi connectivity index (χ0) is 17.4. The lowest BCUT2D eigenvalue weighted by atomic mass is 10.2. The first-order valence-electron chi connectivity index (χ1n) is 8.96. The zero-order valence-corrected chi connectivity index (χ0v) is 16.1. The van der Waals surface area contributed by atoms with Crippen LogP contribution in [0.15, 0.2) is 0 Å². The van der Waals surface area contributed by atoms with Crippen LogP contribution in [-0.4, -0.2) is 87.2 Å². The molecular weight excluding hydrogens is 350 g/mol. The van der Waals surface area contributed by atoms with Gasteiger partial charge in [-0.3, -0.25) is 0 Å². The lowest BCUT2D eigenvalue weighted by Crippen LogP contribution is -2.43. The van der Waals surface area contributed by atoms with Gasteiger partial charge in [0.25, 0.3) is 0 Å². The van der Waals surface area contributed by atoms with Crippen LogP contribution in [0.4, 0.5) is 0 Å². The second-order valence-corrected chi connectivity index (χ2v) is 11.5. The Morgan fingerprint density at radius 2 is 1.67 bits per heavy atom. The van der Waals surface area contributed by atoms with Crippen molar-refractivity contribution in [3.8, 4) is 0 Å². The van der Waals surface area contributed by atoms with Gasteiger partial charge < -0.3 is 4.90 Å². The van der Waals surface area contributed by atoms with E-state index in [-0.39, 0.29) is 11.3 Å². The maximum Gasteiger partial charge on any atom is 0.217 e. The molecule has 1 aliphatic carbocycles. The molecule has 0 radical (unpaired) electrons. The second kappa shape index (κ2) is 7.19. The summed E-state index contributed by atoms with van der Waals surface area (Å²) >= 11 is 0. The quantitative estimate of drug-likeness (QED) is 0.606. The summed E-state index contributed by atoms with van der Waals surface area (Å²) in [6, 6.07) is -0.216. The number of rotatable bonds is 8. The third kappa shape index (κ3) is 4.30. The first-order valence-corrected chi connectivity index (χ1v) is 12.3. The fourth-order valence-corrected chi connectivity index (χ4v) is 6.90. The van der Waals surface area contributed by atoms with Crippen molar-refractivity contribution >= 4 is 20.0 Å². The third-order valence-electron chi connectivity index (χ3n) is 5.32. The average molecular weight is 380 g/mol. The largest absolute Gasteiger partial charge is 0.303 e. The van der Waals surface area contributed by atoms with Gasteiger partial charge in [0.2, 0.25) is 20.0 Å². The third-order valence-corrected chi connectivity index (χ3v) is 9.01. The normalized spacial score (nSPS) is 27.3. The molecule has 1 atom stereocenters. The molecule has 2 heterocycles. The van der Waals surface area contributed by atoms with Crippen molar-refractivity contribution in [1.82, 2.24) is 13.5 Å². The maximum absolute atomic E-state index is 12.4. The van der Waals surface area contributed by atoms with Crippen LogP contribution >= 0.6 is 0 Å². The van der Waals surface area contributed by atoms with Crippen molar-refractivity contribution in [3.05, 3.63) is 0 Å². The van der Waals surface area contributed by atoms with Crippen molar-refractivity contribution in [2.45, 2.75) is 49.8 Å². The van der Waals surface area contributed by atoms with E-state index in [9.17, 15) is 16.8 Å². The Kier molecular flexibility index (Phi) is 5.56. The summed E-state index contributed by atoms with van der Waals surface area (Å²) in [6.45, 7) is 4.38. The van der Waals surface area contributed by atoms with E-state index in [0.717, 1.165) is 38.9 Å². The minimum Gasteiger partial charge on any atom is -0.303 e. The van der Waals surface area contributed by atoms with Crippen LogP contribution in [0.2, 0.25) is 0 Å². The molecule has 0 aromatic carbocycles. The van der Waals surface area contributed by atoms with Crippen molar-refractivity contribution in [2.24, 2.45) is 0 Å². The highest BCUT2D eigenvalue weighted by Crippen LogP contribution is 2.33. The van der Waals surface area contributed by atoms with E-state index in [2.05, 4.69) is 4.90 Å². The van der Waals surface area contributed by atoms with Gasteiger partial charge in [-0.05, 0) is 58.2 Å². The topological polar surface area (TPSA) is 78.0 Å². The zero-order valence-electron chi connectivity index (χ0n) is 14.4. The van der Waals surface area contributed by atoms with Gasteiger partial charge in [0.05, 0.1) is 11.5 Å². The average Bonchev–Trinajstić information content (AvgIpc) is 3.04. The highest BCUT2D eigenvalue weighted by molar-refractivity contribution is 7.90. The molecule has 0 N–H and O–H groups in total. The van der Waals surface area contributed by atoms with E-state index in [1.54, 1.807) is 0 Å².